The van der Waals surface area contributed by atoms with E-state index in [1.807, 2.05) is 36.4 Å². The standard InChI is InChI=1S/C23H21N3O2/c24-13-20-22(21(15-27)26(20)23(28)19-4-1-5-19)18-10-8-16(9-11-18)6-7-17-3-2-12-25-14-17/h2-3,8-12,14,19-22,27H,1,4-5,15H2/t20-,21-,22-/m1/s1. The van der Waals surface area contributed by atoms with E-state index in [0.29, 0.717) is 0 Å². The van der Waals surface area contributed by atoms with Crippen molar-refractivity contribution in [2.24, 2.45) is 5.92 Å². The zero-order valence-corrected chi connectivity index (χ0v) is 15.5. The number of aromatic nitrogens is 1. The minimum Gasteiger partial charge on any atom is -0.394 e. The highest BCUT2D eigenvalue weighted by Gasteiger charge is 2.53. The van der Waals surface area contributed by atoms with Gasteiger partial charge in [0.1, 0.15) is 6.04 Å². The molecule has 2 aliphatic rings. The first-order chi connectivity index (χ1) is 13.7. The van der Waals surface area contributed by atoms with Crippen molar-refractivity contribution in [2.45, 2.75) is 37.3 Å². The number of aliphatic hydroxyl groups excluding tert-OH is 1. The van der Waals surface area contributed by atoms with Crippen molar-refractivity contribution < 1.29 is 9.90 Å². The summed E-state index contributed by atoms with van der Waals surface area (Å²) in [6, 6.07) is 12.9. The number of pyridine rings is 1. The fourth-order valence-corrected chi connectivity index (χ4v) is 3.95. The summed E-state index contributed by atoms with van der Waals surface area (Å²) < 4.78 is 0. The molecule has 1 N–H and O–H groups in total. The molecule has 1 saturated carbocycles. The number of rotatable bonds is 3. The smallest absolute Gasteiger partial charge is 0.227 e. The predicted octanol–water partition coefficient (Wildman–Crippen LogP) is 2.46. The summed E-state index contributed by atoms with van der Waals surface area (Å²) in [7, 11) is 0. The molecule has 1 saturated heterocycles. The minimum atomic E-state index is -0.516. The molecule has 5 nitrogen and oxygen atoms in total. The highest BCUT2D eigenvalue weighted by atomic mass is 16.3. The van der Waals surface area contributed by atoms with Crippen LogP contribution in [0.2, 0.25) is 0 Å². The van der Waals surface area contributed by atoms with E-state index in [0.717, 1.165) is 36.0 Å². The molecule has 2 aromatic rings. The van der Waals surface area contributed by atoms with Crippen LogP contribution in [0.25, 0.3) is 0 Å². The summed E-state index contributed by atoms with van der Waals surface area (Å²) in [6.45, 7) is -0.135. The van der Waals surface area contributed by atoms with Crippen molar-refractivity contribution in [1.82, 2.24) is 9.88 Å². The second-order valence-corrected chi connectivity index (χ2v) is 7.34. The van der Waals surface area contributed by atoms with Crippen molar-refractivity contribution >= 4 is 5.91 Å². The first kappa shape index (κ1) is 18.2. The summed E-state index contributed by atoms with van der Waals surface area (Å²) in [5, 5.41) is 19.5. The van der Waals surface area contributed by atoms with Gasteiger partial charge in [0.2, 0.25) is 5.91 Å². The second kappa shape index (κ2) is 7.84. The second-order valence-electron chi connectivity index (χ2n) is 7.34. The van der Waals surface area contributed by atoms with E-state index in [1.165, 1.54) is 0 Å². The van der Waals surface area contributed by atoms with Crippen LogP contribution in [0.1, 0.15) is 41.9 Å². The maximum atomic E-state index is 12.6. The average Bonchev–Trinajstić information content (AvgIpc) is 2.67. The number of nitrogens with zero attached hydrogens (tertiary/aromatic N) is 3. The van der Waals surface area contributed by atoms with Gasteiger partial charge in [0.25, 0.3) is 0 Å². The van der Waals surface area contributed by atoms with Crippen LogP contribution in [-0.2, 0) is 4.79 Å². The molecule has 1 aliphatic heterocycles. The van der Waals surface area contributed by atoms with Crippen LogP contribution in [0.4, 0.5) is 0 Å². The number of benzene rings is 1. The van der Waals surface area contributed by atoms with Crippen LogP contribution in [0.3, 0.4) is 0 Å². The normalized spacial score (nSPS) is 23.6. The van der Waals surface area contributed by atoms with Gasteiger partial charge in [-0.2, -0.15) is 5.26 Å². The lowest BCUT2D eigenvalue weighted by Crippen LogP contribution is -2.66. The molecule has 0 radical (unpaired) electrons. The maximum absolute atomic E-state index is 12.6. The maximum Gasteiger partial charge on any atom is 0.227 e. The van der Waals surface area contributed by atoms with Gasteiger partial charge in [0.05, 0.1) is 18.7 Å². The Balaban J connectivity index is 1.51. The third-order valence-corrected chi connectivity index (χ3v) is 5.75. The minimum absolute atomic E-state index is 0.0204. The van der Waals surface area contributed by atoms with Crippen LogP contribution in [0.15, 0.2) is 48.8 Å². The Morgan fingerprint density at radius 1 is 1.18 bits per heavy atom. The van der Waals surface area contributed by atoms with Crippen LogP contribution < -0.4 is 0 Å². The number of carbonyl (C=O) groups is 1. The summed E-state index contributed by atoms with van der Waals surface area (Å²) >= 11 is 0. The van der Waals surface area contributed by atoms with Crippen LogP contribution >= 0.6 is 0 Å². The molecule has 4 rings (SSSR count). The first-order valence-corrected chi connectivity index (χ1v) is 9.57. The van der Waals surface area contributed by atoms with Crippen molar-refractivity contribution in [3.05, 3.63) is 65.5 Å². The fourth-order valence-electron chi connectivity index (χ4n) is 3.95. The van der Waals surface area contributed by atoms with E-state index in [9.17, 15) is 15.2 Å². The molecule has 28 heavy (non-hydrogen) atoms. The SMILES string of the molecule is N#C[C@@H]1[C@@H](c2ccc(C#Cc3cccnc3)cc2)[C@@H](CO)N1C(=O)C1CCC1. The molecule has 1 aromatic carbocycles. The van der Waals surface area contributed by atoms with Gasteiger partial charge >= 0.3 is 0 Å². The van der Waals surface area contributed by atoms with Crippen LogP contribution in [0, 0.1) is 29.1 Å². The van der Waals surface area contributed by atoms with Crippen LogP contribution in [0.5, 0.6) is 0 Å². The number of aliphatic hydroxyl groups is 1. The van der Waals surface area contributed by atoms with E-state index in [2.05, 4.69) is 22.9 Å². The van der Waals surface area contributed by atoms with Crippen molar-refractivity contribution in [1.29, 1.82) is 5.26 Å². The number of carbonyl (C=O) groups excluding carboxylic acids is 1. The third-order valence-electron chi connectivity index (χ3n) is 5.75. The molecule has 1 aromatic heterocycles. The lowest BCUT2D eigenvalue weighted by atomic mass is 9.73. The molecule has 3 atom stereocenters. The molecule has 1 aliphatic carbocycles. The Morgan fingerprint density at radius 3 is 2.50 bits per heavy atom. The molecule has 2 heterocycles. The van der Waals surface area contributed by atoms with Gasteiger partial charge in [0.15, 0.2) is 0 Å². The molecule has 0 unspecified atom stereocenters. The number of hydrogen-bond acceptors (Lipinski definition) is 4. The molecular weight excluding hydrogens is 350 g/mol. The zero-order chi connectivity index (χ0) is 19.5. The number of amides is 1. The zero-order valence-electron chi connectivity index (χ0n) is 15.5. The summed E-state index contributed by atoms with van der Waals surface area (Å²) in [5.74, 6) is 6.05. The summed E-state index contributed by atoms with van der Waals surface area (Å²) in [4.78, 5) is 18.3. The van der Waals surface area contributed by atoms with E-state index >= 15 is 0 Å². The molecule has 1 amide bonds. The Morgan fingerprint density at radius 2 is 1.93 bits per heavy atom. The number of nitriles is 1. The number of hydrogen-bond donors (Lipinski definition) is 1. The summed E-state index contributed by atoms with van der Waals surface area (Å²) in [5.41, 5.74) is 2.67. The number of likely N-dealkylation sites (tertiary alicyclic amines) is 1. The quantitative estimate of drug-likeness (QED) is 0.841. The van der Waals surface area contributed by atoms with Gasteiger partial charge in [0, 0.05) is 35.4 Å². The molecule has 0 spiro atoms. The van der Waals surface area contributed by atoms with Gasteiger partial charge in [-0.1, -0.05) is 30.4 Å². The Hall–Kier alpha value is -3.15. The van der Waals surface area contributed by atoms with Gasteiger partial charge in [-0.3, -0.25) is 9.78 Å². The lowest BCUT2D eigenvalue weighted by Gasteiger charge is -2.53. The monoisotopic (exact) mass is 371 g/mol. The molecular formula is C23H21N3O2. The van der Waals surface area contributed by atoms with E-state index in [4.69, 9.17) is 0 Å². The predicted molar refractivity (Wildman–Crippen MR) is 104 cm³/mol. The largest absolute Gasteiger partial charge is 0.394 e. The van der Waals surface area contributed by atoms with Gasteiger partial charge in [-0.05, 0) is 42.7 Å². The fraction of sp³-hybridized carbons (Fsp3) is 0.348. The Labute approximate surface area is 164 Å². The van der Waals surface area contributed by atoms with E-state index < -0.39 is 6.04 Å². The molecule has 140 valence electrons. The highest BCUT2D eigenvalue weighted by molar-refractivity contribution is 5.82. The van der Waals surface area contributed by atoms with Gasteiger partial charge in [-0.15, -0.1) is 0 Å². The Bertz CT molecular complexity index is 949. The highest BCUT2D eigenvalue weighted by Crippen LogP contribution is 2.43. The van der Waals surface area contributed by atoms with E-state index in [1.54, 1.807) is 17.3 Å². The molecule has 2 fully saturated rings. The first-order valence-electron chi connectivity index (χ1n) is 9.57. The van der Waals surface area contributed by atoms with Gasteiger partial charge < -0.3 is 10.0 Å². The van der Waals surface area contributed by atoms with Crippen LogP contribution in [-0.4, -0.2) is 39.6 Å². The van der Waals surface area contributed by atoms with Crippen molar-refractivity contribution in [2.75, 3.05) is 6.61 Å². The third kappa shape index (κ3) is 3.26. The Kier molecular flexibility index (Phi) is 5.10. The molecule has 5 heteroatoms. The topological polar surface area (TPSA) is 77.2 Å². The summed E-state index contributed by atoms with van der Waals surface area (Å²) in [6.07, 6.45) is 6.27. The van der Waals surface area contributed by atoms with Crippen molar-refractivity contribution in [3.63, 3.8) is 0 Å². The van der Waals surface area contributed by atoms with E-state index in [-0.39, 0.29) is 30.4 Å². The average molecular weight is 371 g/mol. The molecule has 0 bridgehead atoms. The van der Waals surface area contributed by atoms with Crippen molar-refractivity contribution in [3.8, 4) is 17.9 Å². The van der Waals surface area contributed by atoms with Gasteiger partial charge in [-0.25, -0.2) is 0 Å². The lowest BCUT2D eigenvalue weighted by molar-refractivity contribution is -0.154.